The summed E-state index contributed by atoms with van der Waals surface area (Å²) in [6.07, 6.45) is 3.09. The summed E-state index contributed by atoms with van der Waals surface area (Å²) in [5.41, 5.74) is 6.53. The lowest BCUT2D eigenvalue weighted by Gasteiger charge is -2.07. The number of hydrogen-bond donors (Lipinski definition) is 2. The summed E-state index contributed by atoms with van der Waals surface area (Å²) in [7, 11) is 0. The second kappa shape index (κ2) is 4.61. The molecule has 1 aromatic heterocycles. The zero-order valence-electron chi connectivity index (χ0n) is 8.85. The van der Waals surface area contributed by atoms with E-state index in [-0.39, 0.29) is 11.3 Å². The molecular weight excluding hydrogens is 221 g/mol. The van der Waals surface area contributed by atoms with Crippen LogP contribution in [0.4, 0.5) is 15.8 Å². The third-order valence-electron chi connectivity index (χ3n) is 2.20. The Labute approximate surface area is 97.3 Å². The highest BCUT2D eigenvalue weighted by molar-refractivity contribution is 6.07. The predicted octanol–water partition coefficient (Wildman–Crippen LogP) is 2.06. The largest absolute Gasteiger partial charge is 0.398 e. The van der Waals surface area contributed by atoms with Gasteiger partial charge in [0.05, 0.1) is 5.56 Å². The number of nitrogens with two attached hydrogens (primary N) is 1. The third kappa shape index (κ3) is 2.57. The number of nitrogen functional groups attached to an aromatic ring is 1. The van der Waals surface area contributed by atoms with Crippen LogP contribution in [0.25, 0.3) is 0 Å². The number of hydrogen-bond acceptors (Lipinski definition) is 3. The molecule has 0 spiro atoms. The monoisotopic (exact) mass is 231 g/mol. The van der Waals surface area contributed by atoms with Crippen LogP contribution in [0, 0.1) is 5.82 Å². The molecule has 0 aliphatic rings. The highest BCUT2D eigenvalue weighted by Gasteiger charge is 2.10. The van der Waals surface area contributed by atoms with E-state index in [4.69, 9.17) is 5.73 Å². The normalized spacial score (nSPS) is 9.94. The number of carbonyl (C=O) groups excluding carboxylic acids is 1. The van der Waals surface area contributed by atoms with Gasteiger partial charge in [-0.2, -0.15) is 0 Å². The number of aromatic nitrogens is 1. The van der Waals surface area contributed by atoms with Crippen LogP contribution in [-0.4, -0.2) is 10.9 Å². The molecule has 0 saturated heterocycles. The number of nitrogens with zero attached hydrogens (tertiary/aromatic N) is 1. The van der Waals surface area contributed by atoms with Gasteiger partial charge >= 0.3 is 0 Å². The van der Waals surface area contributed by atoms with Crippen molar-refractivity contribution in [1.82, 2.24) is 4.98 Å². The van der Waals surface area contributed by atoms with Crippen molar-refractivity contribution in [3.8, 4) is 0 Å². The second-order valence-corrected chi connectivity index (χ2v) is 3.42. The molecule has 86 valence electrons. The summed E-state index contributed by atoms with van der Waals surface area (Å²) in [6, 6.07) is 6.93. The molecule has 5 heteroatoms. The lowest BCUT2D eigenvalue weighted by atomic mass is 10.1. The van der Waals surface area contributed by atoms with Gasteiger partial charge in [-0.3, -0.25) is 9.78 Å². The average molecular weight is 231 g/mol. The molecule has 1 amide bonds. The summed E-state index contributed by atoms with van der Waals surface area (Å²) in [6.45, 7) is 0. The minimum absolute atomic E-state index is 0.113. The molecule has 1 aromatic carbocycles. The molecule has 3 N–H and O–H groups in total. The quantitative estimate of drug-likeness (QED) is 0.777. The molecule has 17 heavy (non-hydrogen) atoms. The first-order valence-corrected chi connectivity index (χ1v) is 4.93. The Morgan fingerprint density at radius 2 is 1.94 bits per heavy atom. The fourth-order valence-corrected chi connectivity index (χ4v) is 1.36. The van der Waals surface area contributed by atoms with Crippen LogP contribution in [0.15, 0.2) is 42.7 Å². The topological polar surface area (TPSA) is 68.0 Å². The Kier molecular flexibility index (Phi) is 3.00. The number of pyridine rings is 1. The molecule has 2 rings (SSSR count). The molecule has 0 atom stereocenters. The van der Waals surface area contributed by atoms with Crippen molar-refractivity contribution in [2.75, 3.05) is 11.1 Å². The standard InChI is InChI=1S/C12H10FN3O/c13-8-1-2-11(14)10(7-8)12(17)16-9-3-5-15-6-4-9/h1-7H,14H2,(H,15,16,17). The fourth-order valence-electron chi connectivity index (χ4n) is 1.36. The Morgan fingerprint density at radius 1 is 1.24 bits per heavy atom. The molecule has 0 aliphatic heterocycles. The number of rotatable bonds is 2. The number of anilines is 2. The zero-order valence-corrected chi connectivity index (χ0v) is 8.85. The van der Waals surface area contributed by atoms with Gasteiger partial charge in [0, 0.05) is 23.8 Å². The Hall–Kier alpha value is -2.43. The van der Waals surface area contributed by atoms with E-state index >= 15 is 0 Å². The van der Waals surface area contributed by atoms with E-state index in [2.05, 4.69) is 10.3 Å². The van der Waals surface area contributed by atoms with Crippen LogP contribution in [0.3, 0.4) is 0 Å². The summed E-state index contributed by atoms with van der Waals surface area (Å²) in [5.74, 6) is -0.952. The highest BCUT2D eigenvalue weighted by atomic mass is 19.1. The van der Waals surface area contributed by atoms with Gasteiger partial charge in [0.25, 0.3) is 5.91 Å². The Balaban J connectivity index is 2.23. The van der Waals surface area contributed by atoms with Crippen molar-refractivity contribution >= 4 is 17.3 Å². The molecule has 1 heterocycles. The van der Waals surface area contributed by atoms with Crippen LogP contribution in [0.5, 0.6) is 0 Å². The minimum atomic E-state index is -0.501. The van der Waals surface area contributed by atoms with Crippen molar-refractivity contribution in [3.63, 3.8) is 0 Å². The van der Waals surface area contributed by atoms with Gasteiger partial charge in [-0.05, 0) is 30.3 Å². The van der Waals surface area contributed by atoms with Gasteiger partial charge in [0.15, 0.2) is 0 Å². The van der Waals surface area contributed by atoms with E-state index in [9.17, 15) is 9.18 Å². The van der Waals surface area contributed by atoms with Crippen molar-refractivity contribution in [2.45, 2.75) is 0 Å². The van der Waals surface area contributed by atoms with Crippen LogP contribution < -0.4 is 11.1 Å². The fraction of sp³-hybridized carbons (Fsp3) is 0. The Bertz CT molecular complexity index is 543. The number of halogens is 1. The minimum Gasteiger partial charge on any atom is -0.398 e. The summed E-state index contributed by atoms with van der Waals surface area (Å²) >= 11 is 0. The van der Waals surface area contributed by atoms with Gasteiger partial charge in [-0.15, -0.1) is 0 Å². The summed E-state index contributed by atoms with van der Waals surface area (Å²) < 4.78 is 13.0. The van der Waals surface area contributed by atoms with Gasteiger partial charge in [-0.1, -0.05) is 0 Å². The molecule has 0 fully saturated rings. The number of nitrogens with one attached hydrogen (secondary N) is 1. The van der Waals surface area contributed by atoms with E-state index in [0.29, 0.717) is 5.69 Å². The van der Waals surface area contributed by atoms with Gasteiger partial charge < -0.3 is 11.1 Å². The SMILES string of the molecule is Nc1ccc(F)cc1C(=O)Nc1ccncc1. The third-order valence-corrected chi connectivity index (χ3v) is 2.20. The first-order valence-electron chi connectivity index (χ1n) is 4.93. The van der Waals surface area contributed by atoms with Crippen LogP contribution in [0.2, 0.25) is 0 Å². The van der Waals surface area contributed by atoms with E-state index < -0.39 is 11.7 Å². The van der Waals surface area contributed by atoms with Crippen LogP contribution in [0.1, 0.15) is 10.4 Å². The predicted molar refractivity (Wildman–Crippen MR) is 63.0 cm³/mol. The van der Waals surface area contributed by atoms with E-state index in [1.165, 1.54) is 12.1 Å². The van der Waals surface area contributed by atoms with Crippen LogP contribution >= 0.6 is 0 Å². The van der Waals surface area contributed by atoms with Gasteiger partial charge in [0.1, 0.15) is 5.82 Å². The Morgan fingerprint density at radius 3 is 2.65 bits per heavy atom. The smallest absolute Gasteiger partial charge is 0.257 e. The van der Waals surface area contributed by atoms with Crippen molar-refractivity contribution in [1.29, 1.82) is 0 Å². The molecule has 4 nitrogen and oxygen atoms in total. The lowest BCUT2D eigenvalue weighted by Crippen LogP contribution is -2.14. The zero-order chi connectivity index (χ0) is 12.3. The molecule has 0 saturated carbocycles. The lowest BCUT2D eigenvalue weighted by molar-refractivity contribution is 0.102. The number of amides is 1. The maximum Gasteiger partial charge on any atom is 0.257 e. The summed E-state index contributed by atoms with van der Waals surface area (Å²) in [4.78, 5) is 15.6. The molecule has 0 radical (unpaired) electrons. The summed E-state index contributed by atoms with van der Waals surface area (Å²) in [5, 5.41) is 2.60. The number of carbonyl (C=O) groups is 1. The van der Waals surface area contributed by atoms with E-state index in [1.807, 2.05) is 0 Å². The maximum absolute atomic E-state index is 13.0. The molecule has 0 unspecified atom stereocenters. The molecule has 2 aromatic rings. The number of benzene rings is 1. The van der Waals surface area contributed by atoms with E-state index in [0.717, 1.165) is 6.07 Å². The molecular formula is C12H10FN3O. The first-order chi connectivity index (χ1) is 8.16. The van der Waals surface area contributed by atoms with Crippen LogP contribution in [-0.2, 0) is 0 Å². The van der Waals surface area contributed by atoms with Gasteiger partial charge in [-0.25, -0.2) is 4.39 Å². The maximum atomic E-state index is 13.0. The highest BCUT2D eigenvalue weighted by Crippen LogP contribution is 2.15. The van der Waals surface area contributed by atoms with Crippen molar-refractivity contribution < 1.29 is 9.18 Å². The van der Waals surface area contributed by atoms with Gasteiger partial charge in [0.2, 0.25) is 0 Å². The second-order valence-electron chi connectivity index (χ2n) is 3.42. The molecule has 0 bridgehead atoms. The first kappa shape index (κ1) is 11.1. The van der Waals surface area contributed by atoms with E-state index in [1.54, 1.807) is 24.5 Å². The average Bonchev–Trinajstić information content (AvgIpc) is 2.33. The van der Waals surface area contributed by atoms with Crippen molar-refractivity contribution in [3.05, 3.63) is 54.1 Å². The van der Waals surface area contributed by atoms with Crippen molar-refractivity contribution in [2.24, 2.45) is 0 Å². The molecule has 0 aliphatic carbocycles.